The Balaban J connectivity index is 1.58. The number of hydrogen-bond donors (Lipinski definition) is 1. The van der Waals surface area contributed by atoms with Gasteiger partial charge in [-0.15, -0.1) is 0 Å². The Hall–Kier alpha value is -2.41. The topological polar surface area (TPSA) is 87.2 Å². The Morgan fingerprint density at radius 3 is 2.65 bits per heavy atom. The lowest BCUT2D eigenvalue weighted by atomic mass is 10.1. The summed E-state index contributed by atoms with van der Waals surface area (Å²) in [6.45, 7) is 3.97. The standard InChI is InChI=1S/C19H24N2O5/c1-13-2-4-14(5-3-13)10-21-11-15(8-17(21)22)19(25)20-6-7-26-16(12-20)9-18(23)24/h2-5,15-16H,6-12H2,1H3,(H,23,24)/t15-,16+/m1/s1. The number of carboxylic acids is 1. The zero-order valence-electron chi connectivity index (χ0n) is 14.9. The number of aryl methyl sites for hydroxylation is 1. The third-order valence-corrected chi connectivity index (χ3v) is 4.91. The zero-order chi connectivity index (χ0) is 18.7. The van der Waals surface area contributed by atoms with Crippen LogP contribution in [0.1, 0.15) is 24.0 Å². The van der Waals surface area contributed by atoms with E-state index >= 15 is 0 Å². The molecule has 2 saturated heterocycles. The van der Waals surface area contributed by atoms with Crippen molar-refractivity contribution in [2.24, 2.45) is 5.92 Å². The first-order chi connectivity index (χ1) is 12.4. The van der Waals surface area contributed by atoms with Crippen LogP contribution >= 0.6 is 0 Å². The van der Waals surface area contributed by atoms with E-state index in [1.807, 2.05) is 31.2 Å². The number of likely N-dealkylation sites (tertiary alicyclic amines) is 1. The van der Waals surface area contributed by atoms with Crippen molar-refractivity contribution in [2.75, 3.05) is 26.2 Å². The molecule has 26 heavy (non-hydrogen) atoms. The van der Waals surface area contributed by atoms with Crippen molar-refractivity contribution in [1.29, 1.82) is 0 Å². The van der Waals surface area contributed by atoms with Gasteiger partial charge in [-0.25, -0.2) is 0 Å². The summed E-state index contributed by atoms with van der Waals surface area (Å²) in [6, 6.07) is 8.01. The molecule has 2 amide bonds. The van der Waals surface area contributed by atoms with Crippen LogP contribution in [-0.2, 0) is 25.7 Å². The number of rotatable bonds is 5. The van der Waals surface area contributed by atoms with Crippen molar-refractivity contribution < 1.29 is 24.2 Å². The number of morpholine rings is 1. The third kappa shape index (κ3) is 4.40. The number of amides is 2. The molecule has 140 valence electrons. The number of hydrogen-bond acceptors (Lipinski definition) is 4. The van der Waals surface area contributed by atoms with E-state index in [4.69, 9.17) is 9.84 Å². The maximum Gasteiger partial charge on any atom is 0.306 e. The minimum absolute atomic E-state index is 0.0146. The smallest absolute Gasteiger partial charge is 0.306 e. The number of aliphatic carboxylic acids is 1. The molecule has 1 aromatic carbocycles. The fraction of sp³-hybridized carbons (Fsp3) is 0.526. The number of carbonyl (C=O) groups is 3. The highest BCUT2D eigenvalue weighted by molar-refractivity contribution is 5.89. The maximum absolute atomic E-state index is 12.8. The van der Waals surface area contributed by atoms with Crippen LogP contribution in [0.2, 0.25) is 0 Å². The molecule has 0 spiro atoms. The summed E-state index contributed by atoms with van der Waals surface area (Å²) in [5, 5.41) is 8.89. The number of carboxylic acid groups (broad SMARTS) is 1. The second kappa shape index (κ2) is 7.86. The van der Waals surface area contributed by atoms with E-state index in [1.165, 1.54) is 0 Å². The minimum Gasteiger partial charge on any atom is -0.481 e. The van der Waals surface area contributed by atoms with Gasteiger partial charge in [0.05, 0.1) is 25.0 Å². The van der Waals surface area contributed by atoms with Gasteiger partial charge >= 0.3 is 5.97 Å². The molecule has 2 aliphatic heterocycles. The lowest BCUT2D eigenvalue weighted by Crippen LogP contribution is -2.48. The average Bonchev–Trinajstić information content (AvgIpc) is 2.96. The molecule has 0 saturated carbocycles. The highest BCUT2D eigenvalue weighted by atomic mass is 16.5. The molecule has 0 aromatic heterocycles. The molecule has 1 N–H and O–H groups in total. The number of benzene rings is 1. The Morgan fingerprint density at radius 1 is 1.23 bits per heavy atom. The Labute approximate surface area is 152 Å². The first-order valence-corrected chi connectivity index (χ1v) is 8.88. The van der Waals surface area contributed by atoms with Gasteiger partial charge in [-0.1, -0.05) is 29.8 Å². The van der Waals surface area contributed by atoms with E-state index in [0.29, 0.717) is 26.2 Å². The molecule has 2 heterocycles. The molecule has 7 nitrogen and oxygen atoms in total. The lowest BCUT2D eigenvalue weighted by molar-refractivity contribution is -0.149. The first-order valence-electron chi connectivity index (χ1n) is 8.88. The molecule has 1 aromatic rings. The molecule has 3 rings (SSSR count). The fourth-order valence-corrected chi connectivity index (χ4v) is 3.50. The summed E-state index contributed by atoms with van der Waals surface area (Å²) in [6.07, 6.45) is -0.385. The average molecular weight is 360 g/mol. The van der Waals surface area contributed by atoms with Crippen LogP contribution in [0, 0.1) is 12.8 Å². The van der Waals surface area contributed by atoms with Crippen molar-refractivity contribution in [1.82, 2.24) is 9.80 Å². The Kier molecular flexibility index (Phi) is 5.56. The predicted molar refractivity (Wildman–Crippen MR) is 93.3 cm³/mol. The SMILES string of the molecule is Cc1ccc(CN2C[C@H](C(=O)N3CCO[C@@H](CC(=O)O)C3)CC2=O)cc1. The Morgan fingerprint density at radius 2 is 1.96 bits per heavy atom. The highest BCUT2D eigenvalue weighted by Crippen LogP contribution is 2.23. The molecular weight excluding hydrogens is 336 g/mol. The lowest BCUT2D eigenvalue weighted by Gasteiger charge is -2.33. The summed E-state index contributed by atoms with van der Waals surface area (Å²) in [4.78, 5) is 39.3. The van der Waals surface area contributed by atoms with Crippen molar-refractivity contribution in [3.8, 4) is 0 Å². The molecule has 0 bridgehead atoms. The van der Waals surface area contributed by atoms with Crippen molar-refractivity contribution in [2.45, 2.75) is 32.4 Å². The molecular formula is C19H24N2O5. The molecule has 2 atom stereocenters. The van der Waals surface area contributed by atoms with Crippen LogP contribution < -0.4 is 0 Å². The van der Waals surface area contributed by atoms with Gasteiger partial charge in [0.25, 0.3) is 0 Å². The third-order valence-electron chi connectivity index (χ3n) is 4.91. The molecule has 0 radical (unpaired) electrons. The molecule has 0 unspecified atom stereocenters. The van der Waals surface area contributed by atoms with E-state index in [9.17, 15) is 14.4 Å². The number of nitrogens with zero attached hydrogens (tertiary/aromatic N) is 2. The van der Waals surface area contributed by atoms with Crippen molar-refractivity contribution in [3.63, 3.8) is 0 Å². The first kappa shape index (κ1) is 18.4. The molecule has 7 heteroatoms. The molecule has 2 aliphatic rings. The molecule has 0 aliphatic carbocycles. The minimum atomic E-state index is -0.940. The van der Waals surface area contributed by atoms with E-state index < -0.39 is 12.1 Å². The van der Waals surface area contributed by atoms with Crippen LogP contribution in [0.3, 0.4) is 0 Å². The summed E-state index contributed by atoms with van der Waals surface area (Å²) in [5.41, 5.74) is 2.21. The van der Waals surface area contributed by atoms with Gasteiger partial charge in [0.2, 0.25) is 11.8 Å². The zero-order valence-corrected chi connectivity index (χ0v) is 14.9. The monoisotopic (exact) mass is 360 g/mol. The van der Waals surface area contributed by atoms with Gasteiger partial charge in [0.1, 0.15) is 0 Å². The van der Waals surface area contributed by atoms with Crippen LogP contribution in [0.15, 0.2) is 24.3 Å². The summed E-state index contributed by atoms with van der Waals surface area (Å²) >= 11 is 0. The fourth-order valence-electron chi connectivity index (χ4n) is 3.50. The van der Waals surface area contributed by atoms with Gasteiger partial charge in [-0.2, -0.15) is 0 Å². The van der Waals surface area contributed by atoms with Gasteiger partial charge in [0, 0.05) is 32.6 Å². The quantitative estimate of drug-likeness (QED) is 0.848. The van der Waals surface area contributed by atoms with Gasteiger partial charge in [-0.3, -0.25) is 14.4 Å². The second-order valence-corrected chi connectivity index (χ2v) is 7.04. The van der Waals surface area contributed by atoms with Gasteiger partial charge in [0.15, 0.2) is 0 Å². The summed E-state index contributed by atoms with van der Waals surface area (Å²) in [5.74, 6) is -1.40. The highest BCUT2D eigenvalue weighted by Gasteiger charge is 2.38. The largest absolute Gasteiger partial charge is 0.481 e. The summed E-state index contributed by atoms with van der Waals surface area (Å²) in [7, 11) is 0. The number of carbonyl (C=O) groups excluding carboxylic acids is 2. The van der Waals surface area contributed by atoms with Crippen LogP contribution in [0.25, 0.3) is 0 Å². The molecule has 2 fully saturated rings. The second-order valence-electron chi connectivity index (χ2n) is 7.04. The van der Waals surface area contributed by atoms with E-state index in [0.717, 1.165) is 11.1 Å². The van der Waals surface area contributed by atoms with Crippen molar-refractivity contribution >= 4 is 17.8 Å². The summed E-state index contributed by atoms with van der Waals surface area (Å²) < 4.78 is 5.41. The van der Waals surface area contributed by atoms with Crippen LogP contribution in [0.5, 0.6) is 0 Å². The van der Waals surface area contributed by atoms with Crippen LogP contribution in [-0.4, -0.2) is 65.0 Å². The number of ether oxygens (including phenoxy) is 1. The van der Waals surface area contributed by atoms with Crippen LogP contribution in [0.4, 0.5) is 0 Å². The Bertz CT molecular complexity index is 688. The maximum atomic E-state index is 12.8. The van der Waals surface area contributed by atoms with E-state index in [1.54, 1.807) is 9.80 Å². The van der Waals surface area contributed by atoms with Gasteiger partial charge < -0.3 is 19.6 Å². The van der Waals surface area contributed by atoms with Crippen molar-refractivity contribution in [3.05, 3.63) is 35.4 Å². The predicted octanol–water partition coefficient (Wildman–Crippen LogP) is 1.05. The normalized spacial score (nSPS) is 23.3. The van der Waals surface area contributed by atoms with Gasteiger partial charge in [-0.05, 0) is 12.5 Å². The van der Waals surface area contributed by atoms with E-state index in [-0.39, 0.29) is 37.1 Å². The van der Waals surface area contributed by atoms with E-state index in [2.05, 4.69) is 0 Å².